The molecular formula is C82H149NO8. The third-order valence-corrected chi connectivity index (χ3v) is 17.5. The molecule has 9 heteroatoms. The molecule has 0 saturated carbocycles. The molecule has 0 amide bonds. The third-order valence-electron chi connectivity index (χ3n) is 17.5. The second-order valence-electron chi connectivity index (χ2n) is 27.6. The van der Waals surface area contributed by atoms with Gasteiger partial charge >= 0.3 is 11.9 Å². The number of rotatable bonds is 73. The lowest BCUT2D eigenvalue weighted by atomic mass is 10.0. The first-order valence-electron chi connectivity index (χ1n) is 39.1. The summed E-state index contributed by atoms with van der Waals surface area (Å²) in [5.41, 5.74) is 0. The molecule has 0 spiro atoms. The standard InChI is InChI=1S/C82H149NO8/c1-6-8-10-12-14-16-18-20-22-24-26-28-30-32-34-36-37-38-39-40-41-42-43-45-46-48-50-52-54-56-58-60-62-64-66-68-70-72-79(84)89-76-78(77-90-82(81(86)87)88-75-74-83(3,4)5)91-80(85)73-71-69-67-65-63-61-59-57-55-53-51-49-47-44-35-33-31-29-27-25-23-21-19-17-15-13-11-9-7-2/h9,11,15,17,21,23,27,29,33,35,47,49,78,82H,6-8,10,12-14,16,18-20,22,24-26,28,30-32,34,36-46,48,50-77H2,1-5H3/b11-9-,17-15-,23-21-,29-27-,35-33-,49-47-. The van der Waals surface area contributed by atoms with Gasteiger partial charge in [0, 0.05) is 12.8 Å². The maximum absolute atomic E-state index is 13.0. The Bertz CT molecular complexity index is 1730. The van der Waals surface area contributed by atoms with Crippen molar-refractivity contribution in [2.24, 2.45) is 0 Å². The highest BCUT2D eigenvalue weighted by Crippen LogP contribution is 2.19. The molecule has 0 aromatic heterocycles. The number of carbonyl (C=O) groups excluding carboxylic acids is 3. The number of hydrogen-bond acceptors (Lipinski definition) is 8. The number of carboxylic acids is 1. The molecule has 0 aliphatic rings. The van der Waals surface area contributed by atoms with Crippen LogP contribution in [-0.2, 0) is 33.3 Å². The zero-order valence-electron chi connectivity index (χ0n) is 60.7. The molecule has 0 aliphatic carbocycles. The molecule has 0 fully saturated rings. The summed E-state index contributed by atoms with van der Waals surface area (Å²) in [4.78, 5) is 37.6. The maximum atomic E-state index is 13.0. The second kappa shape index (κ2) is 72.6. The second-order valence-corrected chi connectivity index (χ2v) is 27.6. The van der Waals surface area contributed by atoms with Gasteiger partial charge in [-0.25, -0.2) is 0 Å². The predicted octanol–water partition coefficient (Wildman–Crippen LogP) is 23.5. The number of allylic oxidation sites excluding steroid dienone is 12. The smallest absolute Gasteiger partial charge is 0.306 e. The van der Waals surface area contributed by atoms with Gasteiger partial charge in [-0.05, 0) is 64.2 Å². The maximum Gasteiger partial charge on any atom is 0.306 e. The molecule has 0 radical (unpaired) electrons. The first kappa shape index (κ1) is 87.7. The highest BCUT2D eigenvalue weighted by Gasteiger charge is 2.22. The van der Waals surface area contributed by atoms with Crippen LogP contribution in [0.2, 0.25) is 0 Å². The van der Waals surface area contributed by atoms with Crippen LogP contribution < -0.4 is 5.11 Å². The van der Waals surface area contributed by atoms with Gasteiger partial charge in [0.2, 0.25) is 0 Å². The summed E-state index contributed by atoms with van der Waals surface area (Å²) >= 11 is 0. The van der Waals surface area contributed by atoms with Crippen LogP contribution in [0.4, 0.5) is 0 Å². The predicted molar refractivity (Wildman–Crippen MR) is 389 cm³/mol. The van der Waals surface area contributed by atoms with Crippen LogP contribution in [0.3, 0.4) is 0 Å². The largest absolute Gasteiger partial charge is 0.545 e. The van der Waals surface area contributed by atoms with Crippen LogP contribution in [-0.4, -0.2) is 82.3 Å². The van der Waals surface area contributed by atoms with Crippen molar-refractivity contribution in [3.8, 4) is 0 Å². The molecule has 2 unspecified atom stereocenters. The minimum Gasteiger partial charge on any atom is -0.545 e. The number of carboxylic acid groups (broad SMARTS) is 1. The molecule has 0 N–H and O–H groups in total. The van der Waals surface area contributed by atoms with Crippen LogP contribution in [0.1, 0.15) is 373 Å². The zero-order valence-corrected chi connectivity index (χ0v) is 60.7. The lowest BCUT2D eigenvalue weighted by Crippen LogP contribution is -2.44. The minimum atomic E-state index is -1.63. The van der Waals surface area contributed by atoms with Crippen LogP contribution >= 0.6 is 0 Å². The van der Waals surface area contributed by atoms with Crippen molar-refractivity contribution in [2.45, 2.75) is 386 Å². The number of aliphatic carboxylic acids is 1. The summed E-state index contributed by atoms with van der Waals surface area (Å²) in [5, 5.41) is 11.8. The van der Waals surface area contributed by atoms with E-state index in [0.29, 0.717) is 23.9 Å². The van der Waals surface area contributed by atoms with Gasteiger partial charge in [0.1, 0.15) is 13.2 Å². The van der Waals surface area contributed by atoms with Crippen molar-refractivity contribution < 1.29 is 42.9 Å². The van der Waals surface area contributed by atoms with Crippen molar-refractivity contribution >= 4 is 17.9 Å². The van der Waals surface area contributed by atoms with E-state index in [1.54, 1.807) is 0 Å². The van der Waals surface area contributed by atoms with Crippen molar-refractivity contribution in [1.82, 2.24) is 0 Å². The Morgan fingerprint density at radius 3 is 0.934 bits per heavy atom. The Kier molecular flexibility index (Phi) is 69.9. The number of hydrogen-bond donors (Lipinski definition) is 0. The van der Waals surface area contributed by atoms with Crippen molar-refractivity contribution in [3.05, 3.63) is 72.9 Å². The molecule has 0 aromatic rings. The fourth-order valence-electron chi connectivity index (χ4n) is 11.5. The van der Waals surface area contributed by atoms with Crippen LogP contribution in [0.15, 0.2) is 72.9 Å². The van der Waals surface area contributed by atoms with Gasteiger partial charge in [0.15, 0.2) is 12.4 Å². The van der Waals surface area contributed by atoms with E-state index in [2.05, 4.69) is 86.8 Å². The molecule has 0 bridgehead atoms. The van der Waals surface area contributed by atoms with E-state index in [1.165, 1.54) is 257 Å². The molecule has 0 aromatic carbocycles. The van der Waals surface area contributed by atoms with Gasteiger partial charge in [0.25, 0.3) is 0 Å². The molecule has 9 nitrogen and oxygen atoms in total. The fraction of sp³-hybridized carbons (Fsp3) is 0.817. The lowest BCUT2D eigenvalue weighted by Gasteiger charge is -2.26. The number of nitrogens with zero attached hydrogens (tertiary/aromatic N) is 1. The van der Waals surface area contributed by atoms with Crippen LogP contribution in [0, 0.1) is 0 Å². The molecule has 0 saturated heterocycles. The number of ether oxygens (including phenoxy) is 4. The Morgan fingerprint density at radius 1 is 0.341 bits per heavy atom. The molecule has 530 valence electrons. The van der Waals surface area contributed by atoms with E-state index in [0.717, 1.165) is 83.5 Å². The Balaban J connectivity index is 4.00. The first-order valence-corrected chi connectivity index (χ1v) is 39.1. The topological polar surface area (TPSA) is 111 Å². The summed E-state index contributed by atoms with van der Waals surface area (Å²) < 4.78 is 22.8. The fourth-order valence-corrected chi connectivity index (χ4v) is 11.5. The quantitative estimate of drug-likeness (QED) is 0.0195. The highest BCUT2D eigenvalue weighted by atomic mass is 16.7. The summed E-state index contributed by atoms with van der Waals surface area (Å²) in [6.45, 7) is 4.68. The lowest BCUT2D eigenvalue weighted by molar-refractivity contribution is -0.870. The third kappa shape index (κ3) is 74.0. The molecule has 91 heavy (non-hydrogen) atoms. The monoisotopic (exact) mass is 1280 g/mol. The van der Waals surface area contributed by atoms with Gasteiger partial charge in [-0.15, -0.1) is 0 Å². The summed E-state index contributed by atoms with van der Waals surface area (Å²) in [7, 11) is 5.94. The van der Waals surface area contributed by atoms with Gasteiger partial charge < -0.3 is 33.3 Å². The number of unbranched alkanes of at least 4 members (excludes halogenated alkanes) is 46. The average molecular weight is 1280 g/mol. The normalized spacial score (nSPS) is 13.0. The van der Waals surface area contributed by atoms with E-state index in [4.69, 9.17) is 18.9 Å². The highest BCUT2D eigenvalue weighted by molar-refractivity contribution is 5.70. The molecule has 0 aliphatic heterocycles. The van der Waals surface area contributed by atoms with Gasteiger partial charge in [0.05, 0.1) is 40.3 Å². The van der Waals surface area contributed by atoms with Crippen molar-refractivity contribution in [1.29, 1.82) is 0 Å². The minimum absolute atomic E-state index is 0.146. The van der Waals surface area contributed by atoms with Gasteiger partial charge in [-0.2, -0.15) is 0 Å². The Hall–Kier alpha value is -3.27. The van der Waals surface area contributed by atoms with E-state index < -0.39 is 24.3 Å². The summed E-state index contributed by atoms with van der Waals surface area (Å²) in [5.74, 6) is -2.27. The first-order chi connectivity index (χ1) is 44.6. The van der Waals surface area contributed by atoms with E-state index in [9.17, 15) is 19.5 Å². The molecule has 0 heterocycles. The van der Waals surface area contributed by atoms with Gasteiger partial charge in [-0.3, -0.25) is 9.59 Å². The number of quaternary nitrogens is 1. The zero-order chi connectivity index (χ0) is 66.1. The van der Waals surface area contributed by atoms with E-state index >= 15 is 0 Å². The van der Waals surface area contributed by atoms with Gasteiger partial charge in [-0.1, -0.05) is 369 Å². The Morgan fingerprint density at radius 2 is 0.626 bits per heavy atom. The van der Waals surface area contributed by atoms with Crippen LogP contribution in [0.5, 0.6) is 0 Å². The molecule has 0 rings (SSSR count). The van der Waals surface area contributed by atoms with Crippen LogP contribution in [0.25, 0.3) is 0 Å². The summed E-state index contributed by atoms with van der Waals surface area (Å²) in [6, 6.07) is 0. The number of carbonyl (C=O) groups is 3. The van der Waals surface area contributed by atoms with E-state index in [-0.39, 0.29) is 32.2 Å². The summed E-state index contributed by atoms with van der Waals surface area (Å²) in [6.07, 6.45) is 94.5. The molecular weight excluding hydrogens is 1130 g/mol. The average Bonchev–Trinajstić information content (AvgIpc) is 3.66. The SMILES string of the molecule is CC/C=C\C/C=C\C/C=C\C/C=C\C/C=C\C/C=C\CCCCCCCCCCCCC(=O)OC(COC(=O)CCCCCCCCCCCCCCCCCCCCCCCCCCCCCCCCCCCCCCC)COC(OCC[N+](C)(C)C)C(=O)[O-]. The van der Waals surface area contributed by atoms with E-state index in [1.807, 2.05) is 21.1 Å². The van der Waals surface area contributed by atoms with Crippen molar-refractivity contribution in [2.75, 3.05) is 47.5 Å². The van der Waals surface area contributed by atoms with Crippen molar-refractivity contribution in [3.63, 3.8) is 0 Å². The Labute approximate surface area is 564 Å². The number of likely N-dealkylation sites (N-methyl/N-ethyl adjacent to an activating group) is 1. The molecule has 2 atom stereocenters. The number of esters is 2.